The number of esters is 1. The topological polar surface area (TPSA) is 55.8 Å². The molecule has 0 radical (unpaired) electrons. The molecule has 0 saturated carbocycles. The molecule has 110 valence electrons. The van der Waals surface area contributed by atoms with Crippen LogP contribution in [-0.2, 0) is 11.2 Å². The van der Waals surface area contributed by atoms with Crippen molar-refractivity contribution in [1.29, 1.82) is 0 Å². The highest BCUT2D eigenvalue weighted by molar-refractivity contribution is 5.72. The molecule has 2 rings (SSSR count). The molecule has 0 aliphatic carbocycles. The van der Waals surface area contributed by atoms with Crippen molar-refractivity contribution >= 4 is 5.97 Å². The molecule has 0 saturated heterocycles. The van der Waals surface area contributed by atoms with Crippen LogP contribution in [0.2, 0.25) is 0 Å². The highest BCUT2D eigenvalue weighted by atomic mass is 16.5. The number of rotatable bonds is 6. The Morgan fingerprint density at radius 1 is 1.35 bits per heavy atom. The Kier molecular flexibility index (Phi) is 5.27. The molecule has 1 N–H and O–H groups in total. The smallest absolute Gasteiger partial charge is 0.311 e. The molecule has 4 nitrogen and oxygen atoms in total. The van der Waals surface area contributed by atoms with Gasteiger partial charge < -0.3 is 14.6 Å². The van der Waals surface area contributed by atoms with Gasteiger partial charge in [-0.1, -0.05) is 26.2 Å². The van der Waals surface area contributed by atoms with E-state index >= 15 is 0 Å². The van der Waals surface area contributed by atoms with Crippen LogP contribution >= 0.6 is 0 Å². The lowest BCUT2D eigenvalue weighted by Gasteiger charge is -2.19. The van der Waals surface area contributed by atoms with Gasteiger partial charge in [0.05, 0.1) is 6.61 Å². The number of fused-ring (bicyclic) bond motifs is 1. The van der Waals surface area contributed by atoms with Crippen molar-refractivity contribution in [1.82, 2.24) is 0 Å². The van der Waals surface area contributed by atoms with Crippen LogP contribution in [0, 0.1) is 0 Å². The number of ether oxygens (including phenoxy) is 2. The molecule has 0 atom stereocenters. The van der Waals surface area contributed by atoms with E-state index in [4.69, 9.17) is 9.47 Å². The monoisotopic (exact) mass is 278 g/mol. The van der Waals surface area contributed by atoms with E-state index in [0.717, 1.165) is 44.1 Å². The lowest BCUT2D eigenvalue weighted by atomic mass is 10.1. The van der Waals surface area contributed by atoms with Gasteiger partial charge in [-0.05, 0) is 19.3 Å². The maximum absolute atomic E-state index is 11.7. The number of phenolic OH excluding ortho intramolecular Hbond substituents is 1. The summed E-state index contributed by atoms with van der Waals surface area (Å²) in [5.74, 6) is 0.890. The van der Waals surface area contributed by atoms with E-state index in [0.29, 0.717) is 24.5 Å². The van der Waals surface area contributed by atoms with Gasteiger partial charge in [0.2, 0.25) is 0 Å². The second kappa shape index (κ2) is 7.17. The maximum Gasteiger partial charge on any atom is 0.311 e. The van der Waals surface area contributed by atoms with E-state index in [1.165, 1.54) is 6.07 Å². The highest BCUT2D eigenvalue weighted by Gasteiger charge is 2.17. The normalized spacial score (nSPS) is 13.4. The second-order valence-electron chi connectivity index (χ2n) is 5.16. The van der Waals surface area contributed by atoms with Gasteiger partial charge in [-0.15, -0.1) is 0 Å². The number of unbranched alkanes of at least 4 members (excludes halogenated alkanes) is 3. The Hall–Kier alpha value is -1.71. The highest BCUT2D eigenvalue weighted by Crippen LogP contribution is 2.36. The quantitative estimate of drug-likeness (QED) is 0.491. The molecule has 1 aromatic carbocycles. The molecule has 0 spiro atoms. The van der Waals surface area contributed by atoms with Crippen molar-refractivity contribution in [2.24, 2.45) is 0 Å². The van der Waals surface area contributed by atoms with Crippen molar-refractivity contribution < 1.29 is 19.4 Å². The Balaban J connectivity index is 1.92. The summed E-state index contributed by atoms with van der Waals surface area (Å²) in [5, 5.41) is 9.92. The van der Waals surface area contributed by atoms with E-state index in [1.54, 1.807) is 6.07 Å². The minimum atomic E-state index is -0.253. The minimum Gasteiger partial charge on any atom is -0.507 e. The molecular weight excluding hydrogens is 256 g/mol. The van der Waals surface area contributed by atoms with E-state index in [2.05, 4.69) is 6.92 Å². The second-order valence-corrected chi connectivity index (χ2v) is 5.16. The van der Waals surface area contributed by atoms with Gasteiger partial charge in [0.25, 0.3) is 0 Å². The van der Waals surface area contributed by atoms with Gasteiger partial charge in [0, 0.05) is 24.1 Å². The van der Waals surface area contributed by atoms with Crippen LogP contribution in [0.3, 0.4) is 0 Å². The summed E-state index contributed by atoms with van der Waals surface area (Å²) in [6.07, 6.45) is 6.29. The lowest BCUT2D eigenvalue weighted by Crippen LogP contribution is -2.11. The fourth-order valence-corrected chi connectivity index (χ4v) is 2.35. The zero-order valence-corrected chi connectivity index (χ0v) is 12.0. The molecule has 1 aliphatic rings. The van der Waals surface area contributed by atoms with Gasteiger partial charge >= 0.3 is 5.97 Å². The first-order chi connectivity index (χ1) is 9.70. The Morgan fingerprint density at radius 3 is 3.00 bits per heavy atom. The molecule has 1 aliphatic heterocycles. The molecule has 0 aromatic heterocycles. The summed E-state index contributed by atoms with van der Waals surface area (Å²) in [4.78, 5) is 11.7. The number of carbonyl (C=O) groups excluding carboxylic acids is 1. The van der Waals surface area contributed by atoms with E-state index in [1.807, 2.05) is 0 Å². The van der Waals surface area contributed by atoms with E-state index < -0.39 is 0 Å². The van der Waals surface area contributed by atoms with Crippen molar-refractivity contribution in [2.75, 3.05) is 6.61 Å². The SMILES string of the molecule is CCCCCCC(=O)Oc1cc(O)c2c(c1)OCCC2. The molecule has 0 bridgehead atoms. The number of hydrogen-bond donors (Lipinski definition) is 1. The van der Waals surface area contributed by atoms with Gasteiger partial charge in [0.1, 0.15) is 17.2 Å². The Bertz CT molecular complexity index is 468. The average Bonchev–Trinajstić information content (AvgIpc) is 2.44. The molecule has 20 heavy (non-hydrogen) atoms. The van der Waals surface area contributed by atoms with E-state index in [-0.39, 0.29) is 11.7 Å². The third-order valence-electron chi connectivity index (χ3n) is 3.45. The maximum atomic E-state index is 11.7. The lowest BCUT2D eigenvalue weighted by molar-refractivity contribution is -0.134. The molecule has 0 amide bonds. The third-order valence-corrected chi connectivity index (χ3v) is 3.45. The van der Waals surface area contributed by atoms with Crippen molar-refractivity contribution in [3.63, 3.8) is 0 Å². The summed E-state index contributed by atoms with van der Waals surface area (Å²) in [7, 11) is 0. The van der Waals surface area contributed by atoms with E-state index in [9.17, 15) is 9.90 Å². The van der Waals surface area contributed by atoms with Gasteiger partial charge in [0.15, 0.2) is 0 Å². The van der Waals surface area contributed by atoms with Crippen LogP contribution in [0.4, 0.5) is 0 Å². The molecule has 1 heterocycles. The van der Waals surface area contributed by atoms with Crippen molar-refractivity contribution in [2.45, 2.75) is 51.9 Å². The summed E-state index contributed by atoms with van der Waals surface area (Å²) < 4.78 is 10.8. The average molecular weight is 278 g/mol. The zero-order valence-electron chi connectivity index (χ0n) is 12.0. The predicted molar refractivity (Wildman–Crippen MR) is 76.3 cm³/mol. The third kappa shape index (κ3) is 3.89. The molecule has 0 unspecified atom stereocenters. The number of phenols is 1. The first kappa shape index (κ1) is 14.7. The van der Waals surface area contributed by atoms with Gasteiger partial charge in [-0.25, -0.2) is 0 Å². The molecule has 0 fully saturated rings. The summed E-state index contributed by atoms with van der Waals surface area (Å²) >= 11 is 0. The van der Waals surface area contributed by atoms with Crippen LogP contribution in [0.1, 0.15) is 51.0 Å². The fraction of sp³-hybridized carbons (Fsp3) is 0.562. The van der Waals surface area contributed by atoms with Crippen molar-refractivity contribution in [3.8, 4) is 17.2 Å². The fourth-order valence-electron chi connectivity index (χ4n) is 2.35. The minimum absolute atomic E-state index is 0.149. The largest absolute Gasteiger partial charge is 0.507 e. The van der Waals surface area contributed by atoms with Crippen LogP contribution < -0.4 is 9.47 Å². The van der Waals surface area contributed by atoms with Crippen LogP contribution in [-0.4, -0.2) is 17.7 Å². The molecular formula is C16H22O4. The number of aromatic hydroxyl groups is 1. The number of hydrogen-bond acceptors (Lipinski definition) is 4. The van der Waals surface area contributed by atoms with Crippen molar-refractivity contribution in [3.05, 3.63) is 17.7 Å². The van der Waals surface area contributed by atoms with Gasteiger partial charge in [-0.3, -0.25) is 4.79 Å². The van der Waals surface area contributed by atoms with Crippen LogP contribution in [0.25, 0.3) is 0 Å². The Labute approximate surface area is 119 Å². The molecule has 1 aromatic rings. The van der Waals surface area contributed by atoms with Gasteiger partial charge in [-0.2, -0.15) is 0 Å². The standard InChI is InChI=1S/C16H22O4/c1-2-3-4-5-8-16(18)20-12-10-14(17)13-7-6-9-19-15(13)11-12/h10-11,17H,2-9H2,1H3. The number of benzene rings is 1. The predicted octanol–water partition coefficient (Wildman–Crippen LogP) is 3.59. The first-order valence-corrected chi connectivity index (χ1v) is 7.40. The summed E-state index contributed by atoms with van der Waals surface area (Å²) in [5.41, 5.74) is 0.805. The molecule has 4 heteroatoms. The first-order valence-electron chi connectivity index (χ1n) is 7.40. The summed E-state index contributed by atoms with van der Waals surface area (Å²) in [6, 6.07) is 3.19. The number of carbonyl (C=O) groups is 1. The van der Waals surface area contributed by atoms with Crippen LogP contribution in [0.5, 0.6) is 17.2 Å². The van der Waals surface area contributed by atoms with Crippen LogP contribution in [0.15, 0.2) is 12.1 Å². The Morgan fingerprint density at radius 2 is 2.20 bits per heavy atom. The zero-order chi connectivity index (χ0) is 14.4. The summed E-state index contributed by atoms with van der Waals surface area (Å²) in [6.45, 7) is 2.77.